The predicted octanol–water partition coefficient (Wildman–Crippen LogP) is -0.523. The summed E-state index contributed by atoms with van der Waals surface area (Å²) in [5.41, 5.74) is 0.332. The second-order valence-electron chi connectivity index (χ2n) is 2.21. The minimum Gasteiger partial charge on any atom is -0.460 e. The zero-order valence-corrected chi connectivity index (χ0v) is 6.08. The van der Waals surface area contributed by atoms with Crippen LogP contribution in [0.1, 0.15) is 0 Å². The Morgan fingerprint density at radius 3 is 2.91 bits per heavy atom. The summed E-state index contributed by atoms with van der Waals surface area (Å²) < 4.78 is 9.39. The van der Waals surface area contributed by atoms with E-state index in [0.29, 0.717) is 12.2 Å². The zero-order chi connectivity index (χ0) is 8.27. The summed E-state index contributed by atoms with van der Waals surface area (Å²) in [4.78, 5) is 10.9. The van der Waals surface area contributed by atoms with Crippen molar-refractivity contribution in [3.8, 4) is 0 Å². The van der Waals surface area contributed by atoms with E-state index >= 15 is 0 Å². The number of carbonyl (C=O) groups is 1. The van der Waals surface area contributed by atoms with Crippen molar-refractivity contribution in [3.05, 3.63) is 12.2 Å². The van der Waals surface area contributed by atoms with Crippen LogP contribution in [0.4, 0.5) is 0 Å². The summed E-state index contributed by atoms with van der Waals surface area (Å²) in [5, 5.41) is 8.31. The number of hydrogen-bond acceptors (Lipinski definition) is 4. The third-order valence-corrected chi connectivity index (χ3v) is 1.31. The number of ether oxygens (including phenoxy) is 2. The van der Waals surface area contributed by atoms with Crippen LogP contribution in [0, 0.1) is 0 Å². The van der Waals surface area contributed by atoms with E-state index in [4.69, 9.17) is 9.84 Å². The van der Waals surface area contributed by atoms with Crippen molar-refractivity contribution in [3.63, 3.8) is 0 Å². The van der Waals surface area contributed by atoms with Crippen LogP contribution >= 0.6 is 0 Å². The van der Waals surface area contributed by atoms with Crippen molar-refractivity contribution in [2.45, 2.75) is 6.10 Å². The molecule has 1 N–H and O–H groups in total. The molecule has 0 aliphatic carbocycles. The minimum atomic E-state index is -0.485. The monoisotopic (exact) mass is 158 g/mol. The first-order valence-electron chi connectivity index (χ1n) is 3.34. The molecule has 1 aliphatic rings. The molecule has 0 spiro atoms. The lowest BCUT2D eigenvalue weighted by molar-refractivity contribution is -0.140. The quantitative estimate of drug-likeness (QED) is 0.339. The lowest BCUT2D eigenvalue weighted by Gasteiger charge is -2.01. The van der Waals surface area contributed by atoms with E-state index < -0.39 is 5.97 Å². The molecule has 0 aromatic carbocycles. The topological polar surface area (TPSA) is 59.1 Å². The van der Waals surface area contributed by atoms with Gasteiger partial charge in [-0.1, -0.05) is 6.58 Å². The van der Waals surface area contributed by atoms with Gasteiger partial charge in [0.1, 0.15) is 12.7 Å². The van der Waals surface area contributed by atoms with Gasteiger partial charge in [-0.2, -0.15) is 0 Å². The van der Waals surface area contributed by atoms with E-state index in [0.717, 1.165) is 0 Å². The second-order valence-corrected chi connectivity index (χ2v) is 2.21. The minimum absolute atomic E-state index is 0.0184. The molecule has 0 bridgehead atoms. The van der Waals surface area contributed by atoms with Gasteiger partial charge in [0.15, 0.2) is 0 Å². The molecule has 0 aromatic rings. The molecule has 0 amide bonds. The molecular weight excluding hydrogens is 148 g/mol. The average molecular weight is 158 g/mol. The number of epoxide rings is 1. The Balaban J connectivity index is 2.22. The Kier molecular flexibility index (Phi) is 2.62. The summed E-state index contributed by atoms with van der Waals surface area (Å²) in [5.74, 6) is -0.485. The molecular formula is C7H10O4. The number of carbonyl (C=O) groups excluding carboxylic acids is 1. The first-order chi connectivity index (χ1) is 5.25. The first kappa shape index (κ1) is 8.23. The van der Waals surface area contributed by atoms with Crippen molar-refractivity contribution in [2.75, 3.05) is 19.8 Å². The number of hydrogen-bond donors (Lipinski definition) is 1. The molecule has 1 rings (SSSR count). The average Bonchev–Trinajstić information content (AvgIpc) is 2.81. The van der Waals surface area contributed by atoms with E-state index in [9.17, 15) is 4.79 Å². The highest BCUT2D eigenvalue weighted by Gasteiger charge is 2.30. The Bertz CT molecular complexity index is 171. The Morgan fingerprint density at radius 1 is 1.82 bits per heavy atom. The van der Waals surface area contributed by atoms with Crippen LogP contribution < -0.4 is 0 Å². The van der Waals surface area contributed by atoms with Gasteiger partial charge in [-0.3, -0.25) is 0 Å². The molecule has 1 unspecified atom stereocenters. The van der Waals surface area contributed by atoms with Crippen molar-refractivity contribution in [2.24, 2.45) is 0 Å². The van der Waals surface area contributed by atoms with Gasteiger partial charge < -0.3 is 14.6 Å². The van der Waals surface area contributed by atoms with Gasteiger partial charge in [-0.25, -0.2) is 4.79 Å². The Hall–Kier alpha value is -0.870. The van der Waals surface area contributed by atoms with E-state index in [1.165, 1.54) is 0 Å². The highest BCUT2D eigenvalue weighted by molar-refractivity contribution is 5.89. The fourth-order valence-corrected chi connectivity index (χ4v) is 0.612. The molecule has 1 atom stereocenters. The lowest BCUT2D eigenvalue weighted by Crippen LogP contribution is -2.13. The van der Waals surface area contributed by atoms with E-state index in [1.807, 2.05) is 0 Å². The molecule has 0 saturated carbocycles. The summed E-state index contributed by atoms with van der Waals surface area (Å²) in [6.45, 7) is 3.89. The van der Waals surface area contributed by atoms with Crippen molar-refractivity contribution < 1.29 is 19.4 Å². The molecule has 11 heavy (non-hydrogen) atoms. The molecule has 1 aliphatic heterocycles. The lowest BCUT2D eigenvalue weighted by atomic mass is 10.2. The summed E-state index contributed by atoms with van der Waals surface area (Å²) in [6, 6.07) is 0. The normalized spacial score (nSPS) is 21.0. The largest absolute Gasteiger partial charge is 0.460 e. The highest BCUT2D eigenvalue weighted by atomic mass is 16.6. The SMILES string of the molecule is C=C(C(=O)OCCO)C1CO1. The predicted molar refractivity (Wildman–Crippen MR) is 36.9 cm³/mol. The molecule has 4 heteroatoms. The number of rotatable bonds is 4. The maximum atomic E-state index is 10.9. The molecule has 1 heterocycles. The summed E-state index contributed by atoms with van der Waals surface area (Å²) in [6.07, 6.45) is -0.152. The zero-order valence-electron chi connectivity index (χ0n) is 6.08. The van der Waals surface area contributed by atoms with Gasteiger partial charge in [0.25, 0.3) is 0 Å². The molecule has 1 fully saturated rings. The van der Waals surface area contributed by atoms with E-state index in [1.54, 1.807) is 0 Å². The van der Waals surface area contributed by atoms with Gasteiger partial charge in [-0.05, 0) is 0 Å². The van der Waals surface area contributed by atoms with Gasteiger partial charge >= 0.3 is 5.97 Å². The Labute approximate surface area is 64.4 Å². The first-order valence-corrected chi connectivity index (χ1v) is 3.34. The summed E-state index contributed by atoms with van der Waals surface area (Å²) in [7, 11) is 0. The molecule has 4 nitrogen and oxygen atoms in total. The fourth-order valence-electron chi connectivity index (χ4n) is 0.612. The maximum absolute atomic E-state index is 10.9. The van der Waals surface area contributed by atoms with Crippen LogP contribution in [0.2, 0.25) is 0 Å². The van der Waals surface area contributed by atoms with E-state index in [2.05, 4.69) is 11.3 Å². The van der Waals surface area contributed by atoms with Crippen LogP contribution in [0.5, 0.6) is 0 Å². The van der Waals surface area contributed by atoms with Crippen LogP contribution in [0.15, 0.2) is 12.2 Å². The second kappa shape index (κ2) is 3.50. The van der Waals surface area contributed by atoms with Gasteiger partial charge in [0.05, 0.1) is 18.8 Å². The number of aliphatic hydroxyl groups is 1. The molecule has 0 aromatic heterocycles. The Morgan fingerprint density at radius 2 is 2.45 bits per heavy atom. The van der Waals surface area contributed by atoms with Crippen molar-refractivity contribution in [1.82, 2.24) is 0 Å². The van der Waals surface area contributed by atoms with Crippen molar-refractivity contribution >= 4 is 5.97 Å². The number of esters is 1. The third kappa shape index (κ3) is 2.32. The third-order valence-electron chi connectivity index (χ3n) is 1.31. The molecule has 62 valence electrons. The van der Waals surface area contributed by atoms with Crippen LogP contribution in [-0.2, 0) is 14.3 Å². The van der Waals surface area contributed by atoms with Crippen LogP contribution in [0.3, 0.4) is 0 Å². The molecule has 1 saturated heterocycles. The maximum Gasteiger partial charge on any atom is 0.336 e. The van der Waals surface area contributed by atoms with Gasteiger partial charge in [0, 0.05) is 0 Å². The standard InChI is InChI=1S/C7H10O4/c1-5(6-4-11-6)7(9)10-3-2-8/h6,8H,1-4H2. The fraction of sp³-hybridized carbons (Fsp3) is 0.571. The van der Waals surface area contributed by atoms with Crippen molar-refractivity contribution in [1.29, 1.82) is 0 Å². The highest BCUT2D eigenvalue weighted by Crippen LogP contribution is 2.18. The number of aliphatic hydroxyl groups excluding tert-OH is 1. The van der Waals surface area contributed by atoms with Crippen LogP contribution in [0.25, 0.3) is 0 Å². The van der Waals surface area contributed by atoms with Gasteiger partial charge in [0.2, 0.25) is 0 Å². The smallest absolute Gasteiger partial charge is 0.336 e. The molecule has 0 radical (unpaired) electrons. The van der Waals surface area contributed by atoms with Gasteiger partial charge in [-0.15, -0.1) is 0 Å². The summed E-state index contributed by atoms with van der Waals surface area (Å²) >= 11 is 0. The van der Waals surface area contributed by atoms with Crippen LogP contribution in [-0.4, -0.2) is 37.0 Å². The van der Waals surface area contributed by atoms with E-state index in [-0.39, 0.29) is 19.3 Å².